The number of anilines is 2. The van der Waals surface area contributed by atoms with E-state index in [1.807, 2.05) is 37.3 Å². The number of ether oxygens (including phenoxy) is 1. The molecule has 0 aromatic heterocycles. The molecule has 7 heteroatoms. The third kappa shape index (κ3) is 4.80. The van der Waals surface area contributed by atoms with Crippen LogP contribution in [0.4, 0.5) is 11.4 Å². The fourth-order valence-electron chi connectivity index (χ4n) is 2.97. The molecule has 156 valence electrons. The van der Waals surface area contributed by atoms with E-state index in [9.17, 15) is 13.2 Å². The molecule has 0 atom stereocenters. The van der Waals surface area contributed by atoms with Gasteiger partial charge >= 0.3 is 0 Å². The van der Waals surface area contributed by atoms with Crippen LogP contribution in [0.1, 0.15) is 15.9 Å². The molecule has 1 amide bonds. The Bertz CT molecular complexity index is 1170. The smallest absolute Gasteiger partial charge is 0.255 e. The van der Waals surface area contributed by atoms with Gasteiger partial charge < -0.3 is 10.1 Å². The van der Waals surface area contributed by atoms with E-state index in [4.69, 9.17) is 4.74 Å². The first-order valence-corrected chi connectivity index (χ1v) is 11.1. The van der Waals surface area contributed by atoms with E-state index in [1.54, 1.807) is 36.4 Å². The van der Waals surface area contributed by atoms with Gasteiger partial charge in [-0.05, 0) is 48.4 Å². The van der Waals surface area contributed by atoms with Crippen molar-refractivity contribution in [3.8, 4) is 16.9 Å². The number of nitrogens with one attached hydrogen (secondary N) is 1. The van der Waals surface area contributed by atoms with Gasteiger partial charge in [-0.3, -0.25) is 9.10 Å². The molecular formula is C23H24N2O4S. The number of hydrogen-bond donors (Lipinski definition) is 1. The summed E-state index contributed by atoms with van der Waals surface area (Å²) in [5, 5.41) is 2.85. The SMILES string of the molecule is COc1cccc(C(=O)Nc2cc(-c3ccc(C)cc3)ccc2N(C)S(C)(=O)=O)c1. The lowest BCUT2D eigenvalue weighted by atomic mass is 10.0. The van der Waals surface area contributed by atoms with Gasteiger partial charge in [0.25, 0.3) is 5.91 Å². The lowest BCUT2D eigenvalue weighted by molar-refractivity contribution is 0.102. The molecule has 0 aliphatic carbocycles. The predicted octanol–water partition coefficient (Wildman–Crippen LogP) is 4.32. The maximum atomic E-state index is 12.9. The summed E-state index contributed by atoms with van der Waals surface area (Å²) in [7, 11) is -0.526. The first-order valence-electron chi connectivity index (χ1n) is 9.29. The van der Waals surface area contributed by atoms with Gasteiger partial charge in [0.15, 0.2) is 0 Å². The van der Waals surface area contributed by atoms with Crippen molar-refractivity contribution in [1.82, 2.24) is 0 Å². The molecule has 0 fully saturated rings. The molecular weight excluding hydrogens is 400 g/mol. The van der Waals surface area contributed by atoms with E-state index in [2.05, 4.69) is 5.32 Å². The first kappa shape index (κ1) is 21.4. The molecule has 0 aliphatic rings. The number of carbonyl (C=O) groups is 1. The van der Waals surface area contributed by atoms with Crippen LogP contribution >= 0.6 is 0 Å². The molecule has 3 aromatic rings. The summed E-state index contributed by atoms with van der Waals surface area (Å²) in [6.07, 6.45) is 1.12. The molecule has 3 aromatic carbocycles. The Hall–Kier alpha value is -3.32. The highest BCUT2D eigenvalue weighted by Gasteiger charge is 2.19. The van der Waals surface area contributed by atoms with Gasteiger partial charge in [0.2, 0.25) is 10.0 Å². The minimum atomic E-state index is -3.51. The lowest BCUT2D eigenvalue weighted by Crippen LogP contribution is -2.26. The number of carbonyl (C=O) groups excluding carboxylic acids is 1. The van der Waals surface area contributed by atoms with Crippen LogP contribution in [0.5, 0.6) is 5.75 Å². The second-order valence-corrected chi connectivity index (χ2v) is 9.03. The zero-order chi connectivity index (χ0) is 21.9. The molecule has 30 heavy (non-hydrogen) atoms. The van der Waals surface area contributed by atoms with Gasteiger partial charge in [-0.2, -0.15) is 0 Å². The van der Waals surface area contributed by atoms with Crippen LogP contribution in [-0.2, 0) is 10.0 Å². The number of nitrogens with zero attached hydrogens (tertiary/aromatic N) is 1. The van der Waals surface area contributed by atoms with E-state index in [1.165, 1.54) is 14.2 Å². The van der Waals surface area contributed by atoms with Crippen molar-refractivity contribution in [2.45, 2.75) is 6.92 Å². The van der Waals surface area contributed by atoms with E-state index < -0.39 is 10.0 Å². The van der Waals surface area contributed by atoms with Gasteiger partial charge in [0, 0.05) is 12.6 Å². The lowest BCUT2D eigenvalue weighted by Gasteiger charge is -2.21. The van der Waals surface area contributed by atoms with Crippen LogP contribution in [0, 0.1) is 6.92 Å². The monoisotopic (exact) mass is 424 g/mol. The van der Waals surface area contributed by atoms with Gasteiger partial charge in [-0.25, -0.2) is 8.42 Å². The quantitative estimate of drug-likeness (QED) is 0.639. The third-order valence-corrected chi connectivity index (χ3v) is 5.99. The molecule has 0 saturated carbocycles. The fourth-order valence-corrected chi connectivity index (χ4v) is 3.49. The number of amides is 1. The summed E-state index contributed by atoms with van der Waals surface area (Å²) in [6.45, 7) is 2.01. The van der Waals surface area contributed by atoms with Crippen LogP contribution < -0.4 is 14.4 Å². The minimum absolute atomic E-state index is 0.363. The number of benzene rings is 3. The second-order valence-electron chi connectivity index (χ2n) is 7.01. The third-order valence-electron chi connectivity index (χ3n) is 4.80. The van der Waals surface area contributed by atoms with Crippen LogP contribution in [0.3, 0.4) is 0 Å². The van der Waals surface area contributed by atoms with Crippen molar-refractivity contribution in [1.29, 1.82) is 0 Å². The normalized spacial score (nSPS) is 11.1. The maximum absolute atomic E-state index is 12.9. The summed E-state index contributed by atoms with van der Waals surface area (Å²) >= 11 is 0. The molecule has 6 nitrogen and oxygen atoms in total. The van der Waals surface area contributed by atoms with Crippen molar-refractivity contribution < 1.29 is 17.9 Å². The van der Waals surface area contributed by atoms with Gasteiger partial charge in [0.05, 0.1) is 24.7 Å². The summed E-state index contributed by atoms with van der Waals surface area (Å²) < 4.78 is 30.6. The van der Waals surface area contributed by atoms with Gasteiger partial charge in [-0.1, -0.05) is 42.0 Å². The van der Waals surface area contributed by atoms with Crippen LogP contribution in [0.2, 0.25) is 0 Å². The average molecular weight is 425 g/mol. The molecule has 0 unspecified atom stereocenters. The number of hydrogen-bond acceptors (Lipinski definition) is 4. The van der Waals surface area contributed by atoms with Crippen molar-refractivity contribution in [2.75, 3.05) is 30.0 Å². The predicted molar refractivity (Wildman–Crippen MR) is 121 cm³/mol. The van der Waals surface area contributed by atoms with Crippen molar-refractivity contribution in [2.24, 2.45) is 0 Å². The van der Waals surface area contributed by atoms with Gasteiger partial charge in [0.1, 0.15) is 5.75 Å². The molecule has 0 bridgehead atoms. The average Bonchev–Trinajstić information content (AvgIpc) is 2.73. The minimum Gasteiger partial charge on any atom is -0.497 e. The van der Waals surface area contributed by atoms with Crippen LogP contribution in [0.15, 0.2) is 66.7 Å². The highest BCUT2D eigenvalue weighted by Crippen LogP contribution is 2.33. The highest BCUT2D eigenvalue weighted by atomic mass is 32.2. The largest absolute Gasteiger partial charge is 0.497 e. The maximum Gasteiger partial charge on any atom is 0.255 e. The van der Waals surface area contributed by atoms with Crippen LogP contribution in [-0.4, -0.2) is 34.7 Å². The summed E-state index contributed by atoms with van der Waals surface area (Å²) in [6, 6.07) is 20.0. The molecule has 3 rings (SSSR count). The second kappa shape index (κ2) is 8.59. The Labute approximate surface area is 177 Å². The van der Waals surface area contributed by atoms with E-state index in [0.29, 0.717) is 22.7 Å². The number of methoxy groups -OCH3 is 1. The summed E-state index contributed by atoms with van der Waals surface area (Å²) in [5.41, 5.74) is 4.15. The van der Waals surface area contributed by atoms with Crippen molar-refractivity contribution in [3.63, 3.8) is 0 Å². The topological polar surface area (TPSA) is 75.7 Å². The van der Waals surface area contributed by atoms with Crippen LogP contribution in [0.25, 0.3) is 11.1 Å². The highest BCUT2D eigenvalue weighted by molar-refractivity contribution is 7.92. The number of sulfonamides is 1. The first-order chi connectivity index (χ1) is 14.2. The zero-order valence-electron chi connectivity index (χ0n) is 17.3. The molecule has 0 spiro atoms. The summed E-state index contributed by atoms with van der Waals surface area (Å²) in [5.74, 6) is 0.197. The van der Waals surface area contributed by atoms with E-state index in [0.717, 1.165) is 27.3 Å². The van der Waals surface area contributed by atoms with E-state index in [-0.39, 0.29) is 5.91 Å². The van der Waals surface area contributed by atoms with Gasteiger partial charge in [-0.15, -0.1) is 0 Å². The van der Waals surface area contributed by atoms with Crippen molar-refractivity contribution >= 4 is 27.3 Å². The fraction of sp³-hybridized carbons (Fsp3) is 0.174. The zero-order valence-corrected chi connectivity index (χ0v) is 18.2. The molecule has 0 aliphatic heterocycles. The number of rotatable bonds is 6. The number of aryl methyl sites for hydroxylation is 1. The molecule has 0 heterocycles. The Kier molecular flexibility index (Phi) is 6.12. The standard InChI is InChI=1S/C23H24N2O4S/c1-16-8-10-17(11-9-16)18-12-13-22(25(2)30(4,27)28)21(15-18)24-23(26)19-6-5-7-20(14-19)29-3/h5-15H,1-4H3,(H,24,26). The molecule has 0 saturated heterocycles. The van der Waals surface area contributed by atoms with Crippen molar-refractivity contribution in [3.05, 3.63) is 77.9 Å². The Morgan fingerprint density at radius 3 is 2.27 bits per heavy atom. The Morgan fingerprint density at radius 2 is 1.63 bits per heavy atom. The Morgan fingerprint density at radius 1 is 0.967 bits per heavy atom. The van der Waals surface area contributed by atoms with E-state index >= 15 is 0 Å². The molecule has 0 radical (unpaired) electrons. The molecule has 1 N–H and O–H groups in total. The Balaban J connectivity index is 2.04. The summed E-state index contributed by atoms with van der Waals surface area (Å²) in [4.78, 5) is 12.9.